The third kappa shape index (κ3) is 4.50. The van der Waals surface area contributed by atoms with Gasteiger partial charge in [0.25, 0.3) is 0 Å². The smallest absolute Gasteiger partial charge is 0.439 e. The van der Waals surface area contributed by atoms with Gasteiger partial charge >= 0.3 is 11.9 Å². The van der Waals surface area contributed by atoms with Gasteiger partial charge < -0.3 is 4.74 Å². The molecule has 0 saturated carbocycles. The van der Waals surface area contributed by atoms with Crippen LogP contribution >= 0.6 is 11.3 Å². The molecule has 0 amide bonds. The number of rotatable bonds is 5. The van der Waals surface area contributed by atoms with Crippen molar-refractivity contribution < 1.29 is 26.8 Å². The number of ether oxygens (including phenoxy) is 1. The summed E-state index contributed by atoms with van der Waals surface area (Å²) < 4.78 is 62.5. The molecule has 0 unspecified atom stereocenters. The number of aryl methyl sites for hydroxylation is 1. The summed E-state index contributed by atoms with van der Waals surface area (Å²) in [5.74, 6) is -1.24. The van der Waals surface area contributed by atoms with Crippen LogP contribution in [0.5, 0.6) is 5.75 Å². The SMILES string of the molecule is Cc1nc(-c2ccc(C(F)(F)F)cc2)sc1COc1ccc(-c2noc(=O)[nH]2)c(F)c1. The van der Waals surface area contributed by atoms with Crippen LogP contribution in [0.2, 0.25) is 0 Å². The van der Waals surface area contributed by atoms with E-state index < -0.39 is 23.3 Å². The Labute approximate surface area is 176 Å². The lowest BCUT2D eigenvalue weighted by molar-refractivity contribution is -0.137. The van der Waals surface area contributed by atoms with Gasteiger partial charge in [-0.15, -0.1) is 11.3 Å². The maximum Gasteiger partial charge on any atom is 0.439 e. The molecule has 0 fully saturated rings. The average Bonchev–Trinajstić information content (AvgIpc) is 3.31. The Morgan fingerprint density at radius 2 is 1.90 bits per heavy atom. The second kappa shape index (κ2) is 7.99. The van der Waals surface area contributed by atoms with E-state index in [4.69, 9.17) is 4.74 Å². The Bertz CT molecular complexity index is 1280. The average molecular weight is 451 g/mol. The van der Waals surface area contributed by atoms with Gasteiger partial charge in [0.1, 0.15) is 23.2 Å². The van der Waals surface area contributed by atoms with E-state index >= 15 is 0 Å². The van der Waals surface area contributed by atoms with Gasteiger partial charge in [-0.05, 0) is 31.2 Å². The molecule has 0 saturated heterocycles. The molecular weight excluding hydrogens is 438 g/mol. The lowest BCUT2D eigenvalue weighted by Gasteiger charge is -2.07. The Kier molecular flexibility index (Phi) is 5.36. The molecule has 0 atom stereocenters. The van der Waals surface area contributed by atoms with Crippen LogP contribution in [0.1, 0.15) is 16.1 Å². The van der Waals surface area contributed by atoms with Gasteiger partial charge in [0.15, 0.2) is 5.82 Å². The highest BCUT2D eigenvalue weighted by atomic mass is 32.1. The standard InChI is InChI=1S/C20H13F4N3O3S/c1-10-16(31-18(25-10)11-2-4-12(5-3-11)20(22,23)24)9-29-13-6-7-14(15(21)8-13)17-26-19(28)30-27-17/h2-8H,9H2,1H3,(H,26,27,28). The number of halogens is 4. The Morgan fingerprint density at radius 1 is 1.16 bits per heavy atom. The molecule has 1 N–H and O–H groups in total. The fourth-order valence-electron chi connectivity index (χ4n) is 2.76. The third-order valence-electron chi connectivity index (χ3n) is 4.36. The van der Waals surface area contributed by atoms with Gasteiger partial charge in [-0.1, -0.05) is 17.3 Å². The normalized spacial score (nSPS) is 11.6. The number of nitrogens with zero attached hydrogens (tertiary/aromatic N) is 2. The van der Waals surface area contributed by atoms with E-state index in [1.807, 2.05) is 0 Å². The van der Waals surface area contributed by atoms with E-state index in [9.17, 15) is 22.4 Å². The molecule has 4 rings (SSSR count). The molecule has 0 bridgehead atoms. The van der Waals surface area contributed by atoms with Crippen molar-refractivity contribution >= 4 is 11.3 Å². The summed E-state index contributed by atoms with van der Waals surface area (Å²) in [6.07, 6.45) is -4.40. The number of alkyl halides is 3. The van der Waals surface area contributed by atoms with Crippen LogP contribution in [0.4, 0.5) is 17.6 Å². The predicted octanol–water partition coefficient (Wildman–Crippen LogP) is 5.20. The fourth-order valence-corrected chi connectivity index (χ4v) is 3.74. The second-order valence-corrected chi connectivity index (χ2v) is 7.56. The fraction of sp³-hybridized carbons (Fsp3) is 0.150. The number of H-pyrrole nitrogens is 1. The molecule has 160 valence electrons. The van der Waals surface area contributed by atoms with Crippen LogP contribution in [-0.2, 0) is 12.8 Å². The molecule has 0 radical (unpaired) electrons. The highest BCUT2D eigenvalue weighted by Crippen LogP contribution is 2.33. The monoisotopic (exact) mass is 451 g/mol. The third-order valence-corrected chi connectivity index (χ3v) is 5.54. The molecule has 31 heavy (non-hydrogen) atoms. The van der Waals surface area contributed by atoms with Crippen molar-refractivity contribution in [3.63, 3.8) is 0 Å². The van der Waals surface area contributed by atoms with Crippen molar-refractivity contribution in [2.24, 2.45) is 0 Å². The van der Waals surface area contributed by atoms with E-state index in [1.54, 1.807) is 6.92 Å². The van der Waals surface area contributed by atoms with Gasteiger partial charge in [0.05, 0.1) is 21.7 Å². The van der Waals surface area contributed by atoms with Crippen molar-refractivity contribution in [3.8, 4) is 27.7 Å². The van der Waals surface area contributed by atoms with Crippen LogP contribution in [0.15, 0.2) is 51.8 Å². The van der Waals surface area contributed by atoms with E-state index in [0.29, 0.717) is 16.3 Å². The maximum atomic E-state index is 14.3. The van der Waals surface area contributed by atoms with E-state index in [2.05, 4.69) is 19.6 Å². The topological polar surface area (TPSA) is 81.0 Å². The number of hydrogen-bond donors (Lipinski definition) is 1. The van der Waals surface area contributed by atoms with Gasteiger partial charge in [-0.25, -0.2) is 14.2 Å². The number of nitrogens with one attached hydrogen (secondary N) is 1. The highest BCUT2D eigenvalue weighted by molar-refractivity contribution is 7.15. The first-order chi connectivity index (χ1) is 14.7. The number of benzene rings is 2. The molecule has 2 aromatic carbocycles. The number of hydrogen-bond acceptors (Lipinski definition) is 6. The van der Waals surface area contributed by atoms with Crippen LogP contribution in [0.25, 0.3) is 22.0 Å². The molecule has 0 aliphatic carbocycles. The Morgan fingerprint density at radius 3 is 2.52 bits per heavy atom. The summed E-state index contributed by atoms with van der Waals surface area (Å²) in [6, 6.07) is 8.81. The summed E-state index contributed by atoms with van der Waals surface area (Å²) in [4.78, 5) is 18.4. The Balaban J connectivity index is 1.48. The summed E-state index contributed by atoms with van der Waals surface area (Å²) in [5, 5.41) is 4.00. The minimum absolute atomic E-state index is 0.0338. The molecule has 4 aromatic rings. The van der Waals surface area contributed by atoms with Crippen molar-refractivity contribution in [1.82, 2.24) is 15.1 Å². The zero-order valence-electron chi connectivity index (χ0n) is 15.8. The number of thiazole rings is 1. The first-order valence-electron chi connectivity index (χ1n) is 8.83. The zero-order valence-corrected chi connectivity index (χ0v) is 16.6. The van der Waals surface area contributed by atoms with Crippen LogP contribution in [0.3, 0.4) is 0 Å². The second-order valence-electron chi connectivity index (χ2n) is 6.48. The van der Waals surface area contributed by atoms with Crippen molar-refractivity contribution in [2.75, 3.05) is 0 Å². The van der Waals surface area contributed by atoms with Crippen molar-refractivity contribution in [3.05, 3.63) is 75.0 Å². The lowest BCUT2D eigenvalue weighted by Crippen LogP contribution is -2.03. The summed E-state index contributed by atoms with van der Waals surface area (Å²) in [6.45, 7) is 1.86. The summed E-state index contributed by atoms with van der Waals surface area (Å²) >= 11 is 1.28. The zero-order chi connectivity index (χ0) is 22.2. The van der Waals surface area contributed by atoms with E-state index in [1.165, 1.54) is 35.6 Å². The van der Waals surface area contributed by atoms with Crippen molar-refractivity contribution in [1.29, 1.82) is 0 Å². The molecule has 11 heteroatoms. The number of aromatic amines is 1. The predicted molar refractivity (Wildman–Crippen MR) is 104 cm³/mol. The molecule has 2 heterocycles. The molecular formula is C20H13F4N3O3S. The minimum Gasteiger partial charge on any atom is -0.488 e. The molecule has 2 aromatic heterocycles. The minimum atomic E-state index is -4.40. The summed E-state index contributed by atoms with van der Waals surface area (Å²) in [5.41, 5.74) is 0.548. The number of aromatic nitrogens is 3. The largest absolute Gasteiger partial charge is 0.488 e. The van der Waals surface area contributed by atoms with Gasteiger partial charge in [-0.2, -0.15) is 13.2 Å². The quantitative estimate of drug-likeness (QED) is 0.422. The van der Waals surface area contributed by atoms with Crippen LogP contribution in [0, 0.1) is 12.7 Å². The van der Waals surface area contributed by atoms with Crippen molar-refractivity contribution in [2.45, 2.75) is 19.7 Å². The maximum absolute atomic E-state index is 14.3. The molecule has 0 spiro atoms. The molecule has 6 nitrogen and oxygen atoms in total. The van der Waals surface area contributed by atoms with Gasteiger partial charge in [-0.3, -0.25) is 9.51 Å². The van der Waals surface area contributed by atoms with Gasteiger partial charge in [0.2, 0.25) is 0 Å². The van der Waals surface area contributed by atoms with Gasteiger partial charge in [0, 0.05) is 11.6 Å². The molecule has 0 aliphatic heterocycles. The Hall–Kier alpha value is -3.47. The van der Waals surface area contributed by atoms with E-state index in [-0.39, 0.29) is 23.7 Å². The lowest BCUT2D eigenvalue weighted by atomic mass is 10.1. The highest BCUT2D eigenvalue weighted by Gasteiger charge is 2.30. The molecule has 0 aliphatic rings. The van der Waals surface area contributed by atoms with Crippen LogP contribution in [-0.4, -0.2) is 15.1 Å². The first-order valence-corrected chi connectivity index (χ1v) is 9.65. The summed E-state index contributed by atoms with van der Waals surface area (Å²) in [7, 11) is 0. The van der Waals surface area contributed by atoms with E-state index in [0.717, 1.165) is 23.1 Å². The first kappa shape index (κ1) is 20.8. The van der Waals surface area contributed by atoms with Crippen LogP contribution < -0.4 is 10.5 Å².